The van der Waals surface area contributed by atoms with E-state index in [0.29, 0.717) is 13.0 Å². The molecule has 1 aromatic rings. The molecule has 3 heteroatoms. The van der Waals surface area contributed by atoms with Gasteiger partial charge in [-0.15, -0.1) is 0 Å². The molecule has 0 spiro atoms. The first-order valence-electron chi connectivity index (χ1n) is 4.79. The van der Waals surface area contributed by atoms with Crippen molar-refractivity contribution in [1.29, 1.82) is 0 Å². The Kier molecular flexibility index (Phi) is 2.27. The van der Waals surface area contributed by atoms with Crippen LogP contribution in [0.15, 0.2) is 24.3 Å². The highest BCUT2D eigenvalue weighted by molar-refractivity contribution is 5.26. The number of alkyl halides is 2. The van der Waals surface area contributed by atoms with E-state index < -0.39 is 12.0 Å². The fourth-order valence-corrected chi connectivity index (χ4v) is 1.58. The van der Waals surface area contributed by atoms with Crippen LogP contribution in [0.4, 0.5) is 8.78 Å². The lowest BCUT2D eigenvalue weighted by molar-refractivity contribution is -0.0646. The third kappa shape index (κ3) is 1.52. The van der Waals surface area contributed by atoms with Crippen LogP contribution in [0, 0.1) is 6.92 Å². The first-order chi connectivity index (χ1) is 6.60. The maximum atomic E-state index is 13.7. The van der Waals surface area contributed by atoms with Crippen molar-refractivity contribution in [2.45, 2.75) is 25.3 Å². The van der Waals surface area contributed by atoms with E-state index in [-0.39, 0.29) is 5.56 Å². The number of hydrogen-bond acceptors (Lipinski definition) is 1. The van der Waals surface area contributed by atoms with Crippen molar-refractivity contribution in [3.05, 3.63) is 35.4 Å². The van der Waals surface area contributed by atoms with Crippen LogP contribution >= 0.6 is 0 Å². The van der Waals surface area contributed by atoms with Gasteiger partial charge in [-0.05, 0) is 19.9 Å². The summed E-state index contributed by atoms with van der Waals surface area (Å²) in [5.41, 5.74) is 1.12. The van der Waals surface area contributed by atoms with Gasteiger partial charge < -0.3 is 5.32 Å². The number of benzene rings is 1. The number of nitrogens with one attached hydrogen (secondary N) is 1. The van der Waals surface area contributed by atoms with Crippen LogP contribution in [0.1, 0.15) is 17.5 Å². The van der Waals surface area contributed by atoms with Gasteiger partial charge in [0.25, 0.3) is 5.92 Å². The molecule has 1 aliphatic heterocycles. The summed E-state index contributed by atoms with van der Waals surface area (Å²) in [4.78, 5) is 0. The Morgan fingerprint density at radius 2 is 1.86 bits per heavy atom. The predicted octanol–water partition coefficient (Wildman–Crippen LogP) is 2.45. The summed E-state index contributed by atoms with van der Waals surface area (Å²) in [5.74, 6) is -2.73. The SMILES string of the molecule is Cc1ccc(C(F)(F)C2CCN2)cc1. The maximum Gasteiger partial charge on any atom is 0.288 e. The van der Waals surface area contributed by atoms with Crippen molar-refractivity contribution in [2.24, 2.45) is 0 Å². The van der Waals surface area contributed by atoms with Crippen molar-refractivity contribution >= 4 is 0 Å². The van der Waals surface area contributed by atoms with Crippen molar-refractivity contribution in [1.82, 2.24) is 5.32 Å². The van der Waals surface area contributed by atoms with Gasteiger partial charge in [0, 0.05) is 5.56 Å². The second-order valence-corrected chi connectivity index (χ2v) is 3.78. The topological polar surface area (TPSA) is 12.0 Å². The van der Waals surface area contributed by atoms with E-state index in [4.69, 9.17) is 0 Å². The minimum absolute atomic E-state index is 0.111. The van der Waals surface area contributed by atoms with E-state index in [9.17, 15) is 8.78 Å². The number of aryl methyl sites for hydroxylation is 1. The van der Waals surface area contributed by atoms with E-state index >= 15 is 0 Å². The molecule has 0 aromatic heterocycles. The Bertz CT molecular complexity index is 315. The number of hydrogen-bond donors (Lipinski definition) is 1. The summed E-state index contributed by atoms with van der Waals surface area (Å²) in [7, 11) is 0. The summed E-state index contributed by atoms with van der Waals surface area (Å²) in [6.45, 7) is 2.59. The molecular weight excluding hydrogens is 184 g/mol. The Hall–Kier alpha value is -0.960. The second kappa shape index (κ2) is 3.31. The predicted molar refractivity (Wildman–Crippen MR) is 51.5 cm³/mol. The highest BCUT2D eigenvalue weighted by Gasteiger charge is 2.44. The second-order valence-electron chi connectivity index (χ2n) is 3.78. The fourth-order valence-electron chi connectivity index (χ4n) is 1.58. The van der Waals surface area contributed by atoms with E-state index in [1.165, 1.54) is 12.1 Å². The van der Waals surface area contributed by atoms with Crippen molar-refractivity contribution in [3.8, 4) is 0 Å². The van der Waals surface area contributed by atoms with Crippen molar-refractivity contribution in [3.63, 3.8) is 0 Å². The maximum absolute atomic E-state index is 13.7. The first kappa shape index (κ1) is 9.59. The van der Waals surface area contributed by atoms with E-state index in [0.717, 1.165) is 5.56 Å². The lowest BCUT2D eigenvalue weighted by atomic mass is 9.93. The van der Waals surface area contributed by atoms with Gasteiger partial charge in [-0.25, -0.2) is 0 Å². The Morgan fingerprint density at radius 3 is 2.29 bits per heavy atom. The number of rotatable bonds is 2. The zero-order chi connectivity index (χ0) is 10.2. The van der Waals surface area contributed by atoms with E-state index in [1.54, 1.807) is 12.1 Å². The summed E-state index contributed by atoms with van der Waals surface area (Å²) in [6.07, 6.45) is 0.556. The highest BCUT2D eigenvalue weighted by atomic mass is 19.3. The Morgan fingerprint density at radius 1 is 1.29 bits per heavy atom. The minimum atomic E-state index is -2.73. The molecule has 0 amide bonds. The molecule has 0 aliphatic carbocycles. The molecule has 0 radical (unpaired) electrons. The molecule has 1 atom stereocenters. The molecule has 1 nitrogen and oxygen atoms in total. The molecule has 1 saturated heterocycles. The molecule has 1 aromatic carbocycles. The largest absolute Gasteiger partial charge is 0.308 e. The van der Waals surface area contributed by atoms with Gasteiger partial charge in [0.1, 0.15) is 0 Å². The highest BCUT2D eigenvalue weighted by Crippen LogP contribution is 2.35. The Balaban J connectivity index is 2.23. The van der Waals surface area contributed by atoms with Crippen LogP contribution in [-0.4, -0.2) is 12.6 Å². The molecule has 0 saturated carbocycles. The molecular formula is C11H13F2N. The van der Waals surface area contributed by atoms with Crippen molar-refractivity contribution in [2.75, 3.05) is 6.54 Å². The quantitative estimate of drug-likeness (QED) is 0.767. The van der Waals surface area contributed by atoms with Gasteiger partial charge in [-0.1, -0.05) is 29.8 Å². The van der Waals surface area contributed by atoms with Crippen LogP contribution < -0.4 is 5.32 Å². The summed E-state index contributed by atoms with van der Waals surface area (Å²) < 4.78 is 27.3. The average Bonchev–Trinajstić information content (AvgIpc) is 2.00. The summed E-state index contributed by atoms with van der Waals surface area (Å²) in [6, 6.07) is 5.79. The molecule has 1 N–H and O–H groups in total. The monoisotopic (exact) mass is 197 g/mol. The van der Waals surface area contributed by atoms with Gasteiger partial charge in [-0.2, -0.15) is 8.78 Å². The molecule has 14 heavy (non-hydrogen) atoms. The van der Waals surface area contributed by atoms with Gasteiger partial charge in [-0.3, -0.25) is 0 Å². The molecule has 1 fully saturated rings. The smallest absolute Gasteiger partial charge is 0.288 e. The van der Waals surface area contributed by atoms with Crippen LogP contribution in [0.3, 0.4) is 0 Å². The summed E-state index contributed by atoms with van der Waals surface area (Å²) >= 11 is 0. The lowest BCUT2D eigenvalue weighted by Crippen LogP contribution is -2.53. The summed E-state index contributed by atoms with van der Waals surface area (Å²) in [5, 5.41) is 2.75. The van der Waals surface area contributed by atoms with E-state index in [2.05, 4.69) is 5.32 Å². The standard InChI is InChI=1S/C11H13F2N/c1-8-2-4-9(5-3-8)11(12,13)10-6-7-14-10/h2-5,10,14H,6-7H2,1H3. The third-order valence-corrected chi connectivity index (χ3v) is 2.70. The normalized spacial score (nSPS) is 21.8. The van der Waals surface area contributed by atoms with Crippen LogP contribution in [0.25, 0.3) is 0 Å². The molecule has 1 heterocycles. The first-order valence-corrected chi connectivity index (χ1v) is 4.79. The van der Waals surface area contributed by atoms with Crippen molar-refractivity contribution < 1.29 is 8.78 Å². The van der Waals surface area contributed by atoms with Gasteiger partial charge in [0.2, 0.25) is 0 Å². The average molecular weight is 197 g/mol. The molecule has 76 valence electrons. The molecule has 2 rings (SSSR count). The minimum Gasteiger partial charge on any atom is -0.308 e. The molecule has 1 aliphatic rings. The van der Waals surface area contributed by atoms with Gasteiger partial charge in [0.15, 0.2) is 0 Å². The Labute approximate surface area is 82.1 Å². The van der Waals surface area contributed by atoms with Crippen LogP contribution in [-0.2, 0) is 5.92 Å². The molecule has 1 unspecified atom stereocenters. The zero-order valence-electron chi connectivity index (χ0n) is 8.06. The van der Waals surface area contributed by atoms with Crippen LogP contribution in [0.5, 0.6) is 0 Å². The zero-order valence-corrected chi connectivity index (χ0v) is 8.06. The van der Waals surface area contributed by atoms with Gasteiger partial charge >= 0.3 is 0 Å². The molecule has 0 bridgehead atoms. The van der Waals surface area contributed by atoms with Crippen LogP contribution in [0.2, 0.25) is 0 Å². The van der Waals surface area contributed by atoms with Gasteiger partial charge in [0.05, 0.1) is 6.04 Å². The number of halogens is 2. The van der Waals surface area contributed by atoms with E-state index in [1.807, 2.05) is 6.92 Å². The third-order valence-electron chi connectivity index (χ3n) is 2.70. The lowest BCUT2D eigenvalue weighted by Gasteiger charge is -2.35. The fraction of sp³-hybridized carbons (Fsp3) is 0.455.